The number of benzene rings is 1. The summed E-state index contributed by atoms with van der Waals surface area (Å²) in [7, 11) is 0. The Morgan fingerprint density at radius 1 is 1.16 bits per heavy atom. The minimum absolute atomic E-state index is 0.462. The SMILES string of the molecule is O=C(c1c(F)cccc1F)N1CCN(CCCl)CC1. The van der Waals surface area contributed by atoms with Crippen molar-refractivity contribution in [2.24, 2.45) is 0 Å². The van der Waals surface area contributed by atoms with E-state index < -0.39 is 23.1 Å². The van der Waals surface area contributed by atoms with Crippen molar-refractivity contribution in [1.29, 1.82) is 0 Å². The van der Waals surface area contributed by atoms with Crippen molar-refractivity contribution in [1.82, 2.24) is 9.80 Å². The third-order valence-corrected chi connectivity index (χ3v) is 3.41. The fourth-order valence-corrected chi connectivity index (χ4v) is 2.39. The third kappa shape index (κ3) is 3.22. The number of carbonyl (C=O) groups excluding carboxylic acids is 1. The largest absolute Gasteiger partial charge is 0.336 e. The average Bonchev–Trinajstić information content (AvgIpc) is 2.39. The molecule has 1 aliphatic heterocycles. The van der Waals surface area contributed by atoms with Crippen molar-refractivity contribution < 1.29 is 13.6 Å². The van der Waals surface area contributed by atoms with Crippen LogP contribution in [0.3, 0.4) is 0 Å². The van der Waals surface area contributed by atoms with E-state index in [2.05, 4.69) is 4.90 Å². The predicted octanol–water partition coefficient (Wildman–Crippen LogP) is 1.96. The van der Waals surface area contributed by atoms with Gasteiger partial charge in [0.15, 0.2) is 0 Å². The Morgan fingerprint density at radius 2 is 1.74 bits per heavy atom. The predicted molar refractivity (Wildman–Crippen MR) is 69.4 cm³/mol. The van der Waals surface area contributed by atoms with Gasteiger partial charge in [-0.15, -0.1) is 11.6 Å². The van der Waals surface area contributed by atoms with E-state index in [4.69, 9.17) is 11.6 Å². The first kappa shape index (κ1) is 14.2. The molecule has 0 unspecified atom stereocenters. The number of hydrogen-bond donors (Lipinski definition) is 0. The van der Waals surface area contributed by atoms with Crippen molar-refractivity contribution >= 4 is 17.5 Å². The molecular weight excluding hydrogens is 274 g/mol. The van der Waals surface area contributed by atoms with Crippen molar-refractivity contribution in [3.63, 3.8) is 0 Å². The molecule has 19 heavy (non-hydrogen) atoms. The van der Waals surface area contributed by atoms with E-state index >= 15 is 0 Å². The highest BCUT2D eigenvalue weighted by atomic mass is 35.5. The molecular formula is C13H15ClF2N2O. The summed E-state index contributed by atoms with van der Waals surface area (Å²) in [4.78, 5) is 15.7. The van der Waals surface area contributed by atoms with Crippen molar-refractivity contribution in [3.8, 4) is 0 Å². The minimum Gasteiger partial charge on any atom is -0.336 e. The van der Waals surface area contributed by atoms with Crippen LogP contribution in [0, 0.1) is 11.6 Å². The second-order valence-corrected chi connectivity index (χ2v) is 4.80. The summed E-state index contributed by atoms with van der Waals surface area (Å²) in [6, 6.07) is 3.44. The number of rotatable bonds is 3. The minimum atomic E-state index is -0.812. The first-order valence-electron chi connectivity index (χ1n) is 6.15. The summed E-state index contributed by atoms with van der Waals surface area (Å²) in [6.45, 7) is 3.04. The molecule has 0 bridgehead atoms. The number of nitrogens with zero attached hydrogens (tertiary/aromatic N) is 2. The van der Waals surface area contributed by atoms with E-state index in [1.54, 1.807) is 0 Å². The first-order valence-corrected chi connectivity index (χ1v) is 6.68. The zero-order chi connectivity index (χ0) is 13.8. The van der Waals surface area contributed by atoms with E-state index in [0.717, 1.165) is 18.7 Å². The van der Waals surface area contributed by atoms with E-state index in [0.29, 0.717) is 32.1 Å². The van der Waals surface area contributed by atoms with E-state index in [9.17, 15) is 13.6 Å². The Labute approximate surface area is 115 Å². The summed E-state index contributed by atoms with van der Waals surface area (Å²) in [6.07, 6.45) is 0. The fourth-order valence-electron chi connectivity index (χ4n) is 2.15. The van der Waals surface area contributed by atoms with Crippen molar-refractivity contribution in [2.45, 2.75) is 0 Å². The zero-order valence-corrected chi connectivity index (χ0v) is 11.2. The average molecular weight is 289 g/mol. The Bertz CT molecular complexity index is 442. The third-order valence-electron chi connectivity index (χ3n) is 3.24. The maximum Gasteiger partial charge on any atom is 0.259 e. The summed E-state index contributed by atoms with van der Waals surface area (Å²) in [5.74, 6) is -1.67. The topological polar surface area (TPSA) is 23.6 Å². The lowest BCUT2D eigenvalue weighted by Gasteiger charge is -2.34. The molecule has 3 nitrogen and oxygen atoms in total. The van der Waals surface area contributed by atoms with Gasteiger partial charge < -0.3 is 4.90 Å². The lowest BCUT2D eigenvalue weighted by Crippen LogP contribution is -2.49. The van der Waals surface area contributed by atoms with Crippen LogP contribution < -0.4 is 0 Å². The molecule has 104 valence electrons. The molecule has 1 aliphatic rings. The van der Waals surface area contributed by atoms with Crippen LogP contribution >= 0.6 is 11.6 Å². The second-order valence-electron chi connectivity index (χ2n) is 4.42. The Morgan fingerprint density at radius 3 is 2.26 bits per heavy atom. The van der Waals surface area contributed by atoms with Crippen LogP contribution in [0.5, 0.6) is 0 Å². The van der Waals surface area contributed by atoms with Crippen LogP contribution in [0.4, 0.5) is 8.78 Å². The molecule has 1 fully saturated rings. The number of piperazine rings is 1. The van der Waals surface area contributed by atoms with Crippen molar-refractivity contribution in [2.75, 3.05) is 38.6 Å². The number of halogens is 3. The molecule has 1 amide bonds. The Hall–Kier alpha value is -1.20. The quantitative estimate of drug-likeness (QED) is 0.794. The van der Waals surface area contributed by atoms with Gasteiger partial charge in [0.2, 0.25) is 0 Å². The van der Waals surface area contributed by atoms with Crippen LogP contribution in [-0.4, -0.2) is 54.3 Å². The van der Waals surface area contributed by atoms with Crippen LogP contribution in [0.15, 0.2) is 18.2 Å². The highest BCUT2D eigenvalue weighted by Gasteiger charge is 2.26. The van der Waals surface area contributed by atoms with Crippen LogP contribution in [0.2, 0.25) is 0 Å². The second kappa shape index (κ2) is 6.30. The molecule has 2 rings (SSSR count). The standard InChI is InChI=1S/C13H15ClF2N2O/c14-4-5-17-6-8-18(9-7-17)13(19)12-10(15)2-1-3-11(12)16/h1-3H,4-9H2. The number of carbonyl (C=O) groups is 1. The van der Waals surface area contributed by atoms with E-state index in [1.165, 1.54) is 11.0 Å². The van der Waals surface area contributed by atoms with Crippen LogP contribution in [-0.2, 0) is 0 Å². The molecule has 0 spiro atoms. The molecule has 6 heteroatoms. The summed E-state index contributed by atoms with van der Waals surface area (Å²) >= 11 is 5.65. The van der Waals surface area contributed by atoms with Gasteiger partial charge in [-0.1, -0.05) is 6.07 Å². The molecule has 0 saturated carbocycles. The van der Waals surface area contributed by atoms with Gasteiger partial charge in [-0.05, 0) is 12.1 Å². The maximum atomic E-state index is 13.5. The Balaban J connectivity index is 2.05. The van der Waals surface area contributed by atoms with Crippen molar-refractivity contribution in [3.05, 3.63) is 35.4 Å². The Kier molecular flexibility index (Phi) is 4.71. The molecule has 1 heterocycles. The van der Waals surface area contributed by atoms with Gasteiger partial charge in [0.1, 0.15) is 17.2 Å². The number of alkyl halides is 1. The van der Waals surface area contributed by atoms with E-state index in [-0.39, 0.29) is 0 Å². The molecule has 0 N–H and O–H groups in total. The lowest BCUT2D eigenvalue weighted by atomic mass is 10.1. The molecule has 0 atom stereocenters. The molecule has 0 aliphatic carbocycles. The normalized spacial score (nSPS) is 16.7. The zero-order valence-electron chi connectivity index (χ0n) is 10.4. The van der Waals surface area contributed by atoms with Crippen LogP contribution in [0.1, 0.15) is 10.4 Å². The molecule has 0 aromatic heterocycles. The monoisotopic (exact) mass is 288 g/mol. The van der Waals surface area contributed by atoms with Gasteiger partial charge in [0.25, 0.3) is 5.91 Å². The highest BCUT2D eigenvalue weighted by molar-refractivity contribution is 6.18. The summed E-state index contributed by atoms with van der Waals surface area (Å²) in [5.41, 5.74) is -0.465. The van der Waals surface area contributed by atoms with Gasteiger partial charge in [-0.25, -0.2) is 8.78 Å². The smallest absolute Gasteiger partial charge is 0.259 e. The van der Waals surface area contributed by atoms with Gasteiger partial charge in [0.05, 0.1) is 0 Å². The van der Waals surface area contributed by atoms with Gasteiger partial charge in [0, 0.05) is 38.6 Å². The number of hydrogen-bond acceptors (Lipinski definition) is 2. The van der Waals surface area contributed by atoms with Gasteiger partial charge in [-0.3, -0.25) is 9.69 Å². The maximum absolute atomic E-state index is 13.5. The summed E-state index contributed by atoms with van der Waals surface area (Å²) in [5, 5.41) is 0. The lowest BCUT2D eigenvalue weighted by molar-refractivity contribution is 0.0635. The molecule has 1 aromatic rings. The summed E-state index contributed by atoms with van der Waals surface area (Å²) < 4.78 is 27.1. The van der Waals surface area contributed by atoms with E-state index in [1.807, 2.05) is 0 Å². The molecule has 1 aromatic carbocycles. The number of amides is 1. The molecule has 1 saturated heterocycles. The molecule has 0 radical (unpaired) electrons. The highest BCUT2D eigenvalue weighted by Crippen LogP contribution is 2.16. The van der Waals surface area contributed by atoms with Crippen LogP contribution in [0.25, 0.3) is 0 Å². The fraction of sp³-hybridized carbons (Fsp3) is 0.462. The first-order chi connectivity index (χ1) is 9.13. The van der Waals surface area contributed by atoms with Gasteiger partial charge >= 0.3 is 0 Å². The van der Waals surface area contributed by atoms with Gasteiger partial charge in [-0.2, -0.15) is 0 Å².